The number of thioether (sulfide) groups is 1. The summed E-state index contributed by atoms with van der Waals surface area (Å²) < 4.78 is 10.9. The van der Waals surface area contributed by atoms with E-state index in [0.29, 0.717) is 0 Å². The van der Waals surface area contributed by atoms with Crippen LogP contribution in [0, 0.1) is 0 Å². The maximum atomic E-state index is 5.45. The second-order valence-electron chi connectivity index (χ2n) is 5.75. The molecule has 5 nitrogen and oxygen atoms in total. The summed E-state index contributed by atoms with van der Waals surface area (Å²) in [6, 6.07) is 4.19. The standard InChI is InChI=1S/C19H29N3O2S/c1-5-10-25-11-8-21-19(20-6-2)22-9-7-15-12-17(23-3)18(24-4)13-16(15)14-22/h5,12-13H,1,6-11,14H2,2-4H3,(H,20,21). The van der Waals surface area contributed by atoms with Gasteiger partial charge in [0, 0.05) is 31.1 Å². The van der Waals surface area contributed by atoms with Gasteiger partial charge >= 0.3 is 0 Å². The zero-order valence-corrected chi connectivity index (χ0v) is 16.3. The van der Waals surface area contributed by atoms with Gasteiger partial charge in [0.2, 0.25) is 0 Å². The van der Waals surface area contributed by atoms with Crippen molar-refractivity contribution >= 4 is 17.7 Å². The molecule has 138 valence electrons. The Morgan fingerprint density at radius 2 is 2.04 bits per heavy atom. The Balaban J connectivity index is 2.09. The van der Waals surface area contributed by atoms with Crippen molar-refractivity contribution in [3.63, 3.8) is 0 Å². The van der Waals surface area contributed by atoms with Crippen LogP contribution >= 0.6 is 11.8 Å². The average Bonchev–Trinajstić information content (AvgIpc) is 2.65. The number of hydrogen-bond acceptors (Lipinski definition) is 4. The molecule has 1 heterocycles. The summed E-state index contributed by atoms with van der Waals surface area (Å²) in [6.45, 7) is 9.32. The fraction of sp³-hybridized carbons (Fsp3) is 0.526. The van der Waals surface area contributed by atoms with Crippen molar-refractivity contribution in [2.45, 2.75) is 19.9 Å². The smallest absolute Gasteiger partial charge is 0.194 e. The minimum atomic E-state index is 0.783. The number of ether oxygens (including phenoxy) is 2. The van der Waals surface area contributed by atoms with Crippen molar-refractivity contribution in [2.75, 3.05) is 45.4 Å². The van der Waals surface area contributed by atoms with Gasteiger partial charge in [-0.05, 0) is 36.6 Å². The summed E-state index contributed by atoms with van der Waals surface area (Å²) in [5, 5.41) is 3.42. The third-order valence-corrected chi connectivity index (χ3v) is 5.03. The maximum Gasteiger partial charge on any atom is 0.194 e. The molecule has 0 atom stereocenters. The first-order valence-electron chi connectivity index (χ1n) is 8.69. The van der Waals surface area contributed by atoms with E-state index in [1.807, 2.05) is 17.8 Å². The van der Waals surface area contributed by atoms with E-state index in [-0.39, 0.29) is 0 Å². The molecule has 1 N–H and O–H groups in total. The molecule has 1 aliphatic rings. The van der Waals surface area contributed by atoms with E-state index in [4.69, 9.17) is 14.5 Å². The van der Waals surface area contributed by atoms with Gasteiger partial charge in [-0.1, -0.05) is 6.08 Å². The zero-order chi connectivity index (χ0) is 18.1. The second kappa shape index (κ2) is 10.2. The van der Waals surface area contributed by atoms with Crippen molar-refractivity contribution in [1.29, 1.82) is 0 Å². The van der Waals surface area contributed by atoms with Gasteiger partial charge in [0.25, 0.3) is 0 Å². The Morgan fingerprint density at radius 3 is 2.68 bits per heavy atom. The summed E-state index contributed by atoms with van der Waals surface area (Å²) in [6.07, 6.45) is 2.91. The molecule has 0 spiro atoms. The van der Waals surface area contributed by atoms with Crippen LogP contribution in [0.5, 0.6) is 11.5 Å². The molecule has 0 aliphatic carbocycles. The van der Waals surface area contributed by atoms with Gasteiger partial charge in [0.05, 0.1) is 20.8 Å². The molecule has 2 rings (SSSR count). The van der Waals surface area contributed by atoms with Crippen molar-refractivity contribution in [2.24, 2.45) is 4.99 Å². The monoisotopic (exact) mass is 363 g/mol. The molecule has 6 heteroatoms. The third-order valence-electron chi connectivity index (χ3n) is 4.09. The van der Waals surface area contributed by atoms with Crippen LogP contribution in [-0.4, -0.2) is 56.2 Å². The summed E-state index contributed by atoms with van der Waals surface area (Å²) in [5.74, 6) is 4.56. The largest absolute Gasteiger partial charge is 0.493 e. The van der Waals surface area contributed by atoms with Crippen molar-refractivity contribution < 1.29 is 9.47 Å². The van der Waals surface area contributed by atoms with Gasteiger partial charge in [-0.15, -0.1) is 6.58 Å². The van der Waals surface area contributed by atoms with Crippen LogP contribution in [0.4, 0.5) is 0 Å². The predicted molar refractivity (Wildman–Crippen MR) is 107 cm³/mol. The lowest BCUT2D eigenvalue weighted by atomic mass is 9.99. The van der Waals surface area contributed by atoms with Gasteiger partial charge < -0.3 is 19.7 Å². The van der Waals surface area contributed by atoms with E-state index in [1.165, 1.54) is 11.1 Å². The van der Waals surface area contributed by atoms with Crippen molar-refractivity contribution in [3.05, 3.63) is 35.9 Å². The molecule has 1 aromatic carbocycles. The number of aliphatic imine (C=N–C) groups is 1. The number of benzene rings is 1. The fourth-order valence-corrected chi connectivity index (χ4v) is 3.43. The Bertz CT molecular complexity index is 605. The number of methoxy groups -OCH3 is 2. The predicted octanol–water partition coefficient (Wildman–Crippen LogP) is 2.95. The van der Waals surface area contributed by atoms with E-state index in [1.54, 1.807) is 14.2 Å². The minimum absolute atomic E-state index is 0.783. The van der Waals surface area contributed by atoms with Crippen LogP contribution in [0.3, 0.4) is 0 Å². The molecule has 0 saturated carbocycles. The van der Waals surface area contributed by atoms with Gasteiger partial charge in [0.1, 0.15) is 0 Å². The van der Waals surface area contributed by atoms with Crippen LogP contribution in [0.25, 0.3) is 0 Å². The van der Waals surface area contributed by atoms with Gasteiger partial charge in [-0.3, -0.25) is 4.99 Å². The molecule has 0 aromatic heterocycles. The summed E-state index contributed by atoms with van der Waals surface area (Å²) >= 11 is 1.86. The van der Waals surface area contributed by atoms with Crippen molar-refractivity contribution in [1.82, 2.24) is 10.2 Å². The van der Waals surface area contributed by atoms with Crippen molar-refractivity contribution in [3.8, 4) is 11.5 Å². The van der Waals surface area contributed by atoms with E-state index in [0.717, 1.165) is 61.6 Å². The molecule has 0 radical (unpaired) electrons. The van der Waals surface area contributed by atoms with Gasteiger partial charge in [-0.25, -0.2) is 0 Å². The maximum absolute atomic E-state index is 5.45. The lowest BCUT2D eigenvalue weighted by Crippen LogP contribution is -2.44. The first kappa shape index (κ1) is 19.5. The highest BCUT2D eigenvalue weighted by molar-refractivity contribution is 7.99. The number of hydrogen-bond donors (Lipinski definition) is 1. The summed E-state index contributed by atoms with van der Waals surface area (Å²) in [7, 11) is 3.36. The van der Waals surface area contributed by atoms with Gasteiger partial charge in [-0.2, -0.15) is 11.8 Å². The summed E-state index contributed by atoms with van der Waals surface area (Å²) in [5.41, 5.74) is 2.60. The number of guanidine groups is 1. The lowest BCUT2D eigenvalue weighted by molar-refractivity contribution is 0.346. The van der Waals surface area contributed by atoms with Crippen LogP contribution in [0.2, 0.25) is 0 Å². The molecule has 0 unspecified atom stereocenters. The Labute approximate surface area is 155 Å². The zero-order valence-electron chi connectivity index (χ0n) is 15.5. The van der Waals surface area contributed by atoms with Crippen LogP contribution in [-0.2, 0) is 13.0 Å². The molecule has 0 fully saturated rings. The highest BCUT2D eigenvalue weighted by atomic mass is 32.2. The molecule has 0 saturated heterocycles. The molecule has 25 heavy (non-hydrogen) atoms. The molecule has 0 amide bonds. The minimum Gasteiger partial charge on any atom is -0.493 e. The average molecular weight is 364 g/mol. The Kier molecular flexibility index (Phi) is 7.98. The van der Waals surface area contributed by atoms with E-state index in [9.17, 15) is 0 Å². The number of rotatable bonds is 8. The van der Waals surface area contributed by atoms with Crippen LogP contribution in [0.15, 0.2) is 29.8 Å². The van der Waals surface area contributed by atoms with Crippen LogP contribution < -0.4 is 14.8 Å². The second-order valence-corrected chi connectivity index (χ2v) is 6.90. The SMILES string of the molecule is C=CCSCCN=C(NCC)N1CCc2cc(OC)c(OC)cc2C1. The Hall–Kier alpha value is -1.82. The molecule has 1 aliphatic heterocycles. The Morgan fingerprint density at radius 1 is 1.32 bits per heavy atom. The summed E-state index contributed by atoms with van der Waals surface area (Å²) in [4.78, 5) is 7.09. The topological polar surface area (TPSA) is 46.1 Å². The normalized spacial score (nSPS) is 14.0. The highest BCUT2D eigenvalue weighted by Gasteiger charge is 2.21. The van der Waals surface area contributed by atoms with E-state index < -0.39 is 0 Å². The number of nitrogens with zero attached hydrogens (tertiary/aromatic N) is 2. The van der Waals surface area contributed by atoms with E-state index >= 15 is 0 Å². The molecular weight excluding hydrogens is 334 g/mol. The molecule has 0 bridgehead atoms. The number of fused-ring (bicyclic) bond motifs is 1. The van der Waals surface area contributed by atoms with Gasteiger partial charge in [0.15, 0.2) is 17.5 Å². The molecule has 1 aromatic rings. The number of nitrogens with one attached hydrogen (secondary N) is 1. The molecular formula is C19H29N3O2S. The van der Waals surface area contributed by atoms with E-state index in [2.05, 4.69) is 35.9 Å². The highest BCUT2D eigenvalue weighted by Crippen LogP contribution is 2.33. The van der Waals surface area contributed by atoms with Crippen LogP contribution in [0.1, 0.15) is 18.1 Å². The lowest BCUT2D eigenvalue weighted by Gasteiger charge is -2.32. The fourth-order valence-electron chi connectivity index (χ4n) is 2.87. The third kappa shape index (κ3) is 5.33. The first-order valence-corrected chi connectivity index (χ1v) is 9.84. The quantitative estimate of drug-likeness (QED) is 0.333. The first-order chi connectivity index (χ1) is 12.2.